The lowest BCUT2D eigenvalue weighted by Gasteiger charge is -2.15. The van der Waals surface area contributed by atoms with Crippen LogP contribution in [0.15, 0.2) is 82.4 Å². The van der Waals surface area contributed by atoms with Crippen LogP contribution in [-0.4, -0.2) is 9.55 Å². The zero-order chi connectivity index (χ0) is 22.0. The minimum Gasteiger partial charge on any atom is -0.440 e. The van der Waals surface area contributed by atoms with Gasteiger partial charge in [0, 0.05) is 29.8 Å². The van der Waals surface area contributed by atoms with Gasteiger partial charge in [-0.05, 0) is 59.1 Å². The van der Waals surface area contributed by atoms with Crippen LogP contribution in [0.4, 0.5) is 10.1 Å². The fourth-order valence-corrected chi connectivity index (χ4v) is 3.59. The number of rotatable bonds is 6. The van der Waals surface area contributed by atoms with E-state index in [4.69, 9.17) is 4.74 Å². The summed E-state index contributed by atoms with van der Waals surface area (Å²) in [5.74, 6) is 0.134. The summed E-state index contributed by atoms with van der Waals surface area (Å²) in [6, 6.07) is 14.3. The van der Waals surface area contributed by atoms with Crippen molar-refractivity contribution in [1.29, 1.82) is 0 Å². The summed E-state index contributed by atoms with van der Waals surface area (Å²) in [6.07, 6.45) is 1.69. The Balaban J connectivity index is 1.97. The molecule has 31 heavy (non-hydrogen) atoms. The van der Waals surface area contributed by atoms with Gasteiger partial charge in [0.1, 0.15) is 17.3 Å². The molecule has 0 spiro atoms. The number of benzene rings is 2. The van der Waals surface area contributed by atoms with E-state index in [0.717, 1.165) is 11.9 Å². The van der Waals surface area contributed by atoms with Crippen LogP contribution in [0.1, 0.15) is 0 Å². The Labute approximate surface area is 181 Å². The second-order valence-corrected chi connectivity index (χ2v) is 7.48. The predicted molar refractivity (Wildman–Crippen MR) is 123 cm³/mol. The summed E-state index contributed by atoms with van der Waals surface area (Å²) in [4.78, 5) is 27.9. The summed E-state index contributed by atoms with van der Waals surface area (Å²) in [5, 5.41) is 2.81. The Morgan fingerprint density at radius 1 is 1.10 bits per heavy atom. The van der Waals surface area contributed by atoms with Gasteiger partial charge >= 0.3 is 0 Å². The van der Waals surface area contributed by atoms with Gasteiger partial charge in [-0.3, -0.25) is 14.6 Å². The third-order valence-corrected chi connectivity index (χ3v) is 5.18. The largest absolute Gasteiger partial charge is 0.440 e. The summed E-state index contributed by atoms with van der Waals surface area (Å²) >= 11 is 1.16. The average Bonchev–Trinajstić information content (AvgIpc) is 2.77. The van der Waals surface area contributed by atoms with Crippen molar-refractivity contribution in [3.05, 3.63) is 99.3 Å². The van der Waals surface area contributed by atoms with Gasteiger partial charge in [-0.1, -0.05) is 24.8 Å². The number of nitrogens with zero attached hydrogens (tertiary/aromatic N) is 1. The molecule has 8 heteroatoms. The van der Waals surface area contributed by atoms with E-state index in [1.165, 1.54) is 28.8 Å². The fraction of sp³-hybridized carbons (Fsp3) is 0.0435. The molecule has 2 aromatic carbocycles. The smallest absolute Gasteiger partial charge is 0.274 e. The van der Waals surface area contributed by atoms with Crippen molar-refractivity contribution in [2.75, 3.05) is 4.72 Å². The standard InChI is InChI=1S/C23H18FN3O3S/c1-3-31-26-20-12-18(19-13-27(2)23(29)17-7-5-4-6-16(17)19)22(25-21(20)28)30-15-10-8-14(24)9-11-15/h3-13,26H,1H2,2H3,(H,25,28). The Morgan fingerprint density at radius 3 is 2.52 bits per heavy atom. The lowest BCUT2D eigenvalue weighted by Crippen LogP contribution is -2.17. The number of H-pyrrole nitrogens is 1. The van der Waals surface area contributed by atoms with Crippen molar-refractivity contribution >= 4 is 28.4 Å². The number of fused-ring (bicyclic) bond motifs is 1. The summed E-state index contributed by atoms with van der Waals surface area (Å²) in [5.41, 5.74) is 1.01. The molecule has 2 aromatic heterocycles. The van der Waals surface area contributed by atoms with Crippen LogP contribution in [0.25, 0.3) is 21.9 Å². The number of nitrogens with one attached hydrogen (secondary N) is 2. The number of ether oxygens (including phenoxy) is 1. The Kier molecular flexibility index (Phi) is 5.64. The number of aryl methyl sites for hydroxylation is 1. The van der Waals surface area contributed by atoms with Gasteiger partial charge in [0.2, 0.25) is 5.88 Å². The summed E-state index contributed by atoms with van der Waals surface area (Å²) in [7, 11) is 1.66. The van der Waals surface area contributed by atoms with Crippen LogP contribution in [0.5, 0.6) is 11.6 Å². The maximum absolute atomic E-state index is 13.3. The lowest BCUT2D eigenvalue weighted by atomic mass is 10.0. The van der Waals surface area contributed by atoms with Gasteiger partial charge in [0.05, 0.1) is 0 Å². The van der Waals surface area contributed by atoms with Gasteiger partial charge in [-0.25, -0.2) is 4.39 Å². The second kappa shape index (κ2) is 8.53. The van der Waals surface area contributed by atoms with E-state index < -0.39 is 11.4 Å². The summed E-state index contributed by atoms with van der Waals surface area (Å²) < 4.78 is 23.6. The highest BCUT2D eigenvalue weighted by Crippen LogP contribution is 2.36. The number of hydrogen-bond acceptors (Lipinski definition) is 5. The maximum Gasteiger partial charge on any atom is 0.274 e. The molecule has 0 amide bonds. The molecule has 0 atom stereocenters. The highest BCUT2D eigenvalue weighted by Gasteiger charge is 2.17. The monoisotopic (exact) mass is 435 g/mol. The second-order valence-electron chi connectivity index (χ2n) is 6.70. The number of pyridine rings is 2. The number of halogens is 1. The molecule has 0 aliphatic rings. The van der Waals surface area contributed by atoms with Gasteiger partial charge in [-0.2, -0.15) is 0 Å². The van der Waals surface area contributed by atoms with Crippen molar-refractivity contribution in [2.24, 2.45) is 7.05 Å². The minimum atomic E-state index is -0.399. The van der Waals surface area contributed by atoms with Crippen LogP contribution >= 0.6 is 11.9 Å². The molecule has 156 valence electrons. The van der Waals surface area contributed by atoms with Gasteiger partial charge in [-0.15, -0.1) is 0 Å². The zero-order valence-electron chi connectivity index (χ0n) is 16.5. The first-order chi connectivity index (χ1) is 15.0. The van der Waals surface area contributed by atoms with Crippen LogP contribution in [0, 0.1) is 5.82 Å². The van der Waals surface area contributed by atoms with Crippen molar-refractivity contribution in [2.45, 2.75) is 0 Å². The zero-order valence-corrected chi connectivity index (χ0v) is 17.3. The van der Waals surface area contributed by atoms with E-state index in [-0.39, 0.29) is 11.4 Å². The number of aromatic nitrogens is 2. The molecule has 4 rings (SSSR count). The minimum absolute atomic E-state index is 0.134. The Morgan fingerprint density at radius 2 is 1.81 bits per heavy atom. The quantitative estimate of drug-likeness (QED) is 0.416. The van der Waals surface area contributed by atoms with E-state index in [2.05, 4.69) is 16.3 Å². The van der Waals surface area contributed by atoms with Crippen molar-refractivity contribution in [3.63, 3.8) is 0 Å². The van der Waals surface area contributed by atoms with Crippen LogP contribution in [-0.2, 0) is 7.05 Å². The number of aromatic amines is 1. The van der Waals surface area contributed by atoms with Crippen LogP contribution in [0.2, 0.25) is 0 Å². The Bertz CT molecular complexity index is 1390. The third-order valence-electron chi connectivity index (χ3n) is 4.67. The van der Waals surface area contributed by atoms with E-state index in [0.29, 0.717) is 33.3 Å². The van der Waals surface area contributed by atoms with E-state index in [1.807, 2.05) is 12.1 Å². The molecular weight excluding hydrogens is 417 g/mol. The van der Waals surface area contributed by atoms with Gasteiger partial charge < -0.3 is 14.0 Å². The Hall–Kier alpha value is -3.78. The predicted octanol–water partition coefficient (Wildman–Crippen LogP) is 5.03. The average molecular weight is 435 g/mol. The SMILES string of the molecule is C=CSNc1cc(-c2cn(C)c(=O)c3ccccc23)c(Oc2ccc(F)cc2)[nH]c1=O. The molecule has 0 aliphatic heterocycles. The van der Waals surface area contributed by atoms with Crippen LogP contribution in [0.3, 0.4) is 0 Å². The topological polar surface area (TPSA) is 76.1 Å². The molecule has 0 saturated carbocycles. The number of anilines is 1. The molecule has 0 radical (unpaired) electrons. The molecule has 0 bridgehead atoms. The molecule has 0 fully saturated rings. The number of hydrogen-bond donors (Lipinski definition) is 2. The maximum atomic E-state index is 13.3. The molecule has 4 aromatic rings. The first-order valence-electron chi connectivity index (χ1n) is 9.30. The first kappa shape index (κ1) is 20.5. The highest BCUT2D eigenvalue weighted by atomic mass is 32.2. The normalized spacial score (nSPS) is 10.8. The van der Waals surface area contributed by atoms with Crippen LogP contribution < -0.4 is 20.6 Å². The van der Waals surface area contributed by atoms with Gasteiger partial charge in [0.25, 0.3) is 11.1 Å². The molecule has 0 aliphatic carbocycles. The van der Waals surface area contributed by atoms with E-state index in [9.17, 15) is 14.0 Å². The van der Waals surface area contributed by atoms with Gasteiger partial charge in [0.15, 0.2) is 0 Å². The van der Waals surface area contributed by atoms with Crippen molar-refractivity contribution < 1.29 is 9.13 Å². The lowest BCUT2D eigenvalue weighted by molar-refractivity contribution is 0.462. The molecular formula is C23H18FN3O3S. The van der Waals surface area contributed by atoms with Crippen molar-refractivity contribution in [3.8, 4) is 22.8 Å². The van der Waals surface area contributed by atoms with E-state index in [1.54, 1.807) is 36.9 Å². The third kappa shape index (κ3) is 4.10. The fourth-order valence-electron chi connectivity index (χ4n) is 3.23. The molecule has 6 nitrogen and oxygen atoms in total. The molecule has 0 unspecified atom stereocenters. The summed E-state index contributed by atoms with van der Waals surface area (Å²) in [6.45, 7) is 3.62. The first-order valence-corrected chi connectivity index (χ1v) is 10.2. The van der Waals surface area contributed by atoms with Crippen molar-refractivity contribution in [1.82, 2.24) is 9.55 Å². The molecule has 2 N–H and O–H groups in total. The molecule has 2 heterocycles. The molecule has 0 saturated heterocycles. The van der Waals surface area contributed by atoms with E-state index >= 15 is 0 Å². The highest BCUT2D eigenvalue weighted by molar-refractivity contribution is 8.03.